The zero-order chi connectivity index (χ0) is 10.6. The van der Waals surface area contributed by atoms with Crippen molar-refractivity contribution in [3.05, 3.63) is 24.3 Å². The Balaban J connectivity index is 3.83. The normalized spacial score (nSPS) is 13.1. The van der Waals surface area contributed by atoms with Gasteiger partial charge in [-0.3, -0.25) is 0 Å². The van der Waals surface area contributed by atoms with Crippen LogP contribution in [0.3, 0.4) is 0 Å². The standard InChI is InChI=1S/C14H22/c1-4-7-9-10-11-13-14(6-3)12-8-5-2/h9-11,13-14H,4,6-7,12H2,1-3H3. The molecule has 0 aromatic carbocycles. The van der Waals surface area contributed by atoms with Crippen LogP contribution < -0.4 is 0 Å². The highest BCUT2D eigenvalue weighted by molar-refractivity contribution is 5.07. The molecule has 0 spiro atoms. The molecule has 0 rings (SSSR count). The van der Waals surface area contributed by atoms with Crippen molar-refractivity contribution in [3.63, 3.8) is 0 Å². The monoisotopic (exact) mass is 190 g/mol. The SMILES string of the molecule is CC#CCC(C=CC=CCCC)CC. The van der Waals surface area contributed by atoms with E-state index >= 15 is 0 Å². The van der Waals surface area contributed by atoms with Crippen molar-refractivity contribution in [2.24, 2.45) is 5.92 Å². The van der Waals surface area contributed by atoms with Crippen molar-refractivity contribution in [2.45, 2.75) is 46.5 Å². The molecule has 0 saturated heterocycles. The summed E-state index contributed by atoms with van der Waals surface area (Å²) in [5.41, 5.74) is 0. The first kappa shape index (κ1) is 13.0. The fourth-order valence-electron chi connectivity index (χ4n) is 1.14. The number of hydrogen-bond donors (Lipinski definition) is 0. The Bertz CT molecular complexity index is 222. The maximum absolute atomic E-state index is 3.13. The van der Waals surface area contributed by atoms with Gasteiger partial charge in [0.15, 0.2) is 0 Å². The first-order chi connectivity index (χ1) is 6.85. The van der Waals surface area contributed by atoms with E-state index < -0.39 is 0 Å². The first-order valence-corrected chi connectivity index (χ1v) is 5.58. The summed E-state index contributed by atoms with van der Waals surface area (Å²) in [4.78, 5) is 0. The molecule has 0 heterocycles. The topological polar surface area (TPSA) is 0 Å². The number of allylic oxidation sites excluding steroid dienone is 4. The van der Waals surface area contributed by atoms with Crippen molar-refractivity contribution < 1.29 is 0 Å². The van der Waals surface area contributed by atoms with Gasteiger partial charge in [-0.2, -0.15) is 0 Å². The van der Waals surface area contributed by atoms with Crippen molar-refractivity contribution >= 4 is 0 Å². The Morgan fingerprint density at radius 3 is 2.57 bits per heavy atom. The summed E-state index contributed by atoms with van der Waals surface area (Å²) in [6.45, 7) is 6.30. The predicted molar refractivity (Wildman–Crippen MR) is 65.0 cm³/mol. The van der Waals surface area contributed by atoms with Crippen molar-refractivity contribution in [2.75, 3.05) is 0 Å². The van der Waals surface area contributed by atoms with Crippen LogP contribution in [-0.4, -0.2) is 0 Å². The highest BCUT2D eigenvalue weighted by Gasteiger charge is 1.96. The summed E-state index contributed by atoms with van der Waals surface area (Å²) in [6, 6.07) is 0. The van der Waals surface area contributed by atoms with Crippen molar-refractivity contribution in [3.8, 4) is 11.8 Å². The maximum Gasteiger partial charge on any atom is 0.0152 e. The Hall–Kier alpha value is -0.960. The van der Waals surface area contributed by atoms with E-state index in [9.17, 15) is 0 Å². The second kappa shape index (κ2) is 10.1. The van der Waals surface area contributed by atoms with Crippen LogP contribution in [-0.2, 0) is 0 Å². The van der Waals surface area contributed by atoms with E-state index in [0.29, 0.717) is 5.92 Å². The summed E-state index contributed by atoms with van der Waals surface area (Å²) < 4.78 is 0. The summed E-state index contributed by atoms with van der Waals surface area (Å²) in [7, 11) is 0. The van der Waals surface area contributed by atoms with E-state index in [1.807, 2.05) is 6.92 Å². The van der Waals surface area contributed by atoms with Gasteiger partial charge in [0.2, 0.25) is 0 Å². The maximum atomic E-state index is 3.13. The van der Waals surface area contributed by atoms with Crippen LogP contribution in [0.5, 0.6) is 0 Å². The molecule has 0 aliphatic carbocycles. The molecule has 0 aromatic rings. The fourth-order valence-corrected chi connectivity index (χ4v) is 1.14. The number of hydrogen-bond acceptors (Lipinski definition) is 0. The van der Waals surface area contributed by atoms with Crippen LogP contribution in [0.25, 0.3) is 0 Å². The van der Waals surface area contributed by atoms with Gasteiger partial charge < -0.3 is 0 Å². The zero-order valence-corrected chi connectivity index (χ0v) is 9.72. The van der Waals surface area contributed by atoms with E-state index in [-0.39, 0.29) is 0 Å². The van der Waals surface area contributed by atoms with Gasteiger partial charge in [0.25, 0.3) is 0 Å². The number of unbranched alkanes of at least 4 members (excludes halogenated alkanes) is 1. The second-order valence-electron chi connectivity index (χ2n) is 3.40. The third-order valence-corrected chi connectivity index (χ3v) is 2.15. The molecule has 0 bridgehead atoms. The van der Waals surface area contributed by atoms with E-state index in [1.165, 1.54) is 19.3 Å². The Morgan fingerprint density at radius 2 is 2.00 bits per heavy atom. The lowest BCUT2D eigenvalue weighted by Crippen LogP contribution is -1.91. The zero-order valence-electron chi connectivity index (χ0n) is 9.72. The molecular formula is C14H22. The Labute approximate surface area is 89.1 Å². The van der Waals surface area contributed by atoms with Crippen LogP contribution in [0.1, 0.15) is 46.5 Å². The lowest BCUT2D eigenvalue weighted by Gasteiger charge is -2.02. The summed E-state index contributed by atoms with van der Waals surface area (Å²) in [5, 5.41) is 0. The molecule has 0 heteroatoms. The molecule has 0 N–H and O–H groups in total. The minimum Gasteiger partial charge on any atom is -0.107 e. The van der Waals surface area contributed by atoms with Crippen LogP contribution in [0, 0.1) is 17.8 Å². The average molecular weight is 190 g/mol. The molecule has 1 unspecified atom stereocenters. The minimum atomic E-state index is 0.619. The highest BCUT2D eigenvalue weighted by atomic mass is 14.0. The van der Waals surface area contributed by atoms with Gasteiger partial charge in [0.1, 0.15) is 0 Å². The third kappa shape index (κ3) is 7.68. The molecule has 0 saturated carbocycles. The fraction of sp³-hybridized carbons (Fsp3) is 0.571. The van der Waals surface area contributed by atoms with Gasteiger partial charge in [0.05, 0.1) is 0 Å². The van der Waals surface area contributed by atoms with Gasteiger partial charge in [-0.1, -0.05) is 44.6 Å². The molecule has 1 atom stereocenters. The Morgan fingerprint density at radius 1 is 1.21 bits per heavy atom. The second-order valence-corrected chi connectivity index (χ2v) is 3.40. The van der Waals surface area contributed by atoms with Gasteiger partial charge in [-0.05, 0) is 25.7 Å². The van der Waals surface area contributed by atoms with Crippen molar-refractivity contribution in [1.29, 1.82) is 0 Å². The van der Waals surface area contributed by atoms with E-state index in [0.717, 1.165) is 6.42 Å². The molecule has 78 valence electrons. The minimum absolute atomic E-state index is 0.619. The molecule has 0 nitrogen and oxygen atoms in total. The predicted octanol–water partition coefficient (Wildman–Crippen LogP) is 4.34. The highest BCUT2D eigenvalue weighted by Crippen LogP contribution is 2.08. The molecule has 0 aromatic heterocycles. The lowest BCUT2D eigenvalue weighted by molar-refractivity contribution is 0.648. The summed E-state index contributed by atoms with van der Waals surface area (Å²) >= 11 is 0. The quantitative estimate of drug-likeness (QED) is 0.432. The molecule has 0 fully saturated rings. The van der Waals surface area contributed by atoms with Crippen LogP contribution in [0.4, 0.5) is 0 Å². The molecule has 0 aliphatic heterocycles. The summed E-state index contributed by atoms with van der Waals surface area (Å²) in [6.07, 6.45) is 13.3. The van der Waals surface area contributed by atoms with Crippen LogP contribution in [0.15, 0.2) is 24.3 Å². The smallest absolute Gasteiger partial charge is 0.0152 e. The van der Waals surface area contributed by atoms with Gasteiger partial charge in [-0.25, -0.2) is 0 Å². The lowest BCUT2D eigenvalue weighted by atomic mass is 10.0. The number of rotatable bonds is 6. The van der Waals surface area contributed by atoms with E-state index in [1.54, 1.807) is 0 Å². The molecule has 14 heavy (non-hydrogen) atoms. The first-order valence-electron chi connectivity index (χ1n) is 5.58. The molecule has 0 radical (unpaired) electrons. The third-order valence-electron chi connectivity index (χ3n) is 2.15. The van der Waals surface area contributed by atoms with Gasteiger partial charge in [-0.15, -0.1) is 11.8 Å². The van der Waals surface area contributed by atoms with Gasteiger partial charge in [0, 0.05) is 6.42 Å². The largest absolute Gasteiger partial charge is 0.107 e. The average Bonchev–Trinajstić information content (AvgIpc) is 2.22. The van der Waals surface area contributed by atoms with Crippen LogP contribution in [0.2, 0.25) is 0 Å². The van der Waals surface area contributed by atoms with E-state index in [2.05, 4.69) is 50.0 Å². The van der Waals surface area contributed by atoms with Gasteiger partial charge >= 0.3 is 0 Å². The Kier molecular flexibility index (Phi) is 9.43. The molecular weight excluding hydrogens is 168 g/mol. The summed E-state index contributed by atoms with van der Waals surface area (Å²) in [5.74, 6) is 6.69. The van der Waals surface area contributed by atoms with Crippen molar-refractivity contribution in [1.82, 2.24) is 0 Å². The molecule has 0 aliphatic rings. The van der Waals surface area contributed by atoms with E-state index in [4.69, 9.17) is 0 Å². The van der Waals surface area contributed by atoms with Crippen LogP contribution >= 0.6 is 0 Å². The molecule has 0 amide bonds.